The second-order valence-electron chi connectivity index (χ2n) is 3.89. The number of likely N-dealkylation sites (tertiary alicyclic amines) is 1. The first-order valence-electron chi connectivity index (χ1n) is 5.26. The van der Waals surface area contributed by atoms with Crippen LogP contribution in [0.2, 0.25) is 0 Å². The van der Waals surface area contributed by atoms with E-state index in [1.807, 2.05) is 0 Å². The minimum atomic E-state index is 0.690. The Hall–Kier alpha value is -0.0800. The van der Waals surface area contributed by atoms with Gasteiger partial charge in [0.1, 0.15) is 0 Å². The summed E-state index contributed by atoms with van der Waals surface area (Å²) in [5.41, 5.74) is 0. The van der Waals surface area contributed by atoms with E-state index in [-0.39, 0.29) is 0 Å². The molecule has 69 valence electrons. The fourth-order valence-electron chi connectivity index (χ4n) is 2.22. The van der Waals surface area contributed by atoms with Gasteiger partial charge in [0.05, 0.1) is 6.17 Å². The average molecular weight is 167 g/mol. The van der Waals surface area contributed by atoms with Crippen molar-refractivity contribution in [2.45, 2.75) is 38.3 Å². The molecule has 2 heteroatoms. The second kappa shape index (κ2) is 4.24. The Morgan fingerprint density at radius 1 is 1.25 bits per heavy atom. The molecule has 0 saturated carbocycles. The molecule has 2 aliphatic heterocycles. The van der Waals surface area contributed by atoms with Crippen molar-refractivity contribution in [2.75, 3.05) is 19.6 Å². The lowest BCUT2D eigenvalue weighted by atomic mass is 10.1. The van der Waals surface area contributed by atoms with Crippen molar-refractivity contribution in [1.82, 2.24) is 10.2 Å². The van der Waals surface area contributed by atoms with Crippen LogP contribution in [0.3, 0.4) is 0 Å². The fraction of sp³-hybridized carbons (Fsp3) is 0.900. The molecule has 2 aliphatic rings. The van der Waals surface area contributed by atoms with Crippen molar-refractivity contribution < 1.29 is 0 Å². The topological polar surface area (TPSA) is 15.3 Å². The van der Waals surface area contributed by atoms with Gasteiger partial charge in [0.25, 0.3) is 0 Å². The third-order valence-electron chi connectivity index (χ3n) is 2.94. The van der Waals surface area contributed by atoms with Gasteiger partial charge in [0.15, 0.2) is 0 Å². The Balaban J connectivity index is 1.80. The normalized spacial score (nSPS) is 33.5. The van der Waals surface area contributed by atoms with Crippen LogP contribution in [-0.2, 0) is 0 Å². The highest BCUT2D eigenvalue weighted by atomic mass is 15.3. The van der Waals surface area contributed by atoms with E-state index >= 15 is 0 Å². The van der Waals surface area contributed by atoms with Crippen LogP contribution in [0, 0.1) is 6.42 Å². The lowest BCUT2D eigenvalue weighted by Gasteiger charge is -2.37. The lowest BCUT2D eigenvalue weighted by Crippen LogP contribution is -2.50. The van der Waals surface area contributed by atoms with Gasteiger partial charge in [-0.1, -0.05) is 0 Å². The van der Waals surface area contributed by atoms with E-state index in [4.69, 9.17) is 0 Å². The highest BCUT2D eigenvalue weighted by molar-refractivity contribution is 4.83. The number of nitrogens with zero attached hydrogens (tertiary/aromatic N) is 1. The minimum Gasteiger partial charge on any atom is -0.302 e. The van der Waals surface area contributed by atoms with Gasteiger partial charge in [-0.25, -0.2) is 0 Å². The average Bonchev–Trinajstić information content (AvgIpc) is 2.21. The van der Waals surface area contributed by atoms with Crippen LogP contribution in [0.25, 0.3) is 0 Å². The summed E-state index contributed by atoms with van der Waals surface area (Å²) in [7, 11) is 0. The fourth-order valence-corrected chi connectivity index (χ4v) is 2.22. The zero-order chi connectivity index (χ0) is 8.23. The van der Waals surface area contributed by atoms with E-state index in [1.165, 1.54) is 51.7 Å². The molecule has 2 fully saturated rings. The SMILES string of the molecule is [CH]1CCCN(C2CCCCN2)C1. The number of piperidine rings is 2. The molecule has 2 nitrogen and oxygen atoms in total. The predicted octanol–water partition coefficient (Wildman–Crippen LogP) is 1.39. The van der Waals surface area contributed by atoms with Crippen molar-refractivity contribution in [1.29, 1.82) is 0 Å². The van der Waals surface area contributed by atoms with Crippen molar-refractivity contribution >= 4 is 0 Å². The van der Waals surface area contributed by atoms with Crippen LogP contribution in [0.5, 0.6) is 0 Å². The molecule has 1 N–H and O–H groups in total. The Kier molecular flexibility index (Phi) is 3.01. The molecule has 1 atom stereocenters. The Morgan fingerprint density at radius 2 is 2.25 bits per heavy atom. The van der Waals surface area contributed by atoms with Crippen molar-refractivity contribution in [2.24, 2.45) is 0 Å². The number of hydrogen-bond acceptors (Lipinski definition) is 2. The lowest BCUT2D eigenvalue weighted by molar-refractivity contribution is 0.133. The van der Waals surface area contributed by atoms with E-state index in [1.54, 1.807) is 0 Å². The van der Waals surface area contributed by atoms with Gasteiger partial charge in [0, 0.05) is 6.54 Å². The summed E-state index contributed by atoms with van der Waals surface area (Å²) >= 11 is 0. The summed E-state index contributed by atoms with van der Waals surface area (Å²) < 4.78 is 0. The monoisotopic (exact) mass is 167 g/mol. The molecule has 2 saturated heterocycles. The number of hydrogen-bond donors (Lipinski definition) is 1. The molecule has 0 amide bonds. The van der Waals surface area contributed by atoms with Gasteiger partial charge in [0.2, 0.25) is 0 Å². The van der Waals surface area contributed by atoms with Crippen LogP contribution in [0.15, 0.2) is 0 Å². The maximum atomic E-state index is 3.59. The summed E-state index contributed by atoms with van der Waals surface area (Å²) in [5.74, 6) is 0. The predicted molar refractivity (Wildman–Crippen MR) is 50.7 cm³/mol. The van der Waals surface area contributed by atoms with Crippen LogP contribution < -0.4 is 5.32 Å². The van der Waals surface area contributed by atoms with Gasteiger partial charge in [-0.3, -0.25) is 4.90 Å². The molecule has 1 radical (unpaired) electrons. The molecule has 12 heavy (non-hydrogen) atoms. The maximum Gasteiger partial charge on any atom is 0.0597 e. The first-order chi connectivity index (χ1) is 5.97. The zero-order valence-electron chi connectivity index (χ0n) is 7.76. The van der Waals surface area contributed by atoms with Crippen molar-refractivity contribution in [3.63, 3.8) is 0 Å². The van der Waals surface area contributed by atoms with E-state index in [0.717, 1.165) is 0 Å². The van der Waals surface area contributed by atoms with E-state index in [9.17, 15) is 0 Å². The Morgan fingerprint density at radius 3 is 2.92 bits per heavy atom. The summed E-state index contributed by atoms with van der Waals surface area (Å²) in [6.07, 6.45) is 9.92. The van der Waals surface area contributed by atoms with E-state index in [2.05, 4.69) is 16.6 Å². The van der Waals surface area contributed by atoms with Crippen LogP contribution in [-0.4, -0.2) is 30.7 Å². The van der Waals surface area contributed by atoms with E-state index < -0.39 is 0 Å². The summed E-state index contributed by atoms with van der Waals surface area (Å²) in [4.78, 5) is 2.59. The molecule has 1 unspecified atom stereocenters. The maximum absolute atomic E-state index is 3.59. The highest BCUT2D eigenvalue weighted by Gasteiger charge is 2.21. The highest BCUT2D eigenvalue weighted by Crippen LogP contribution is 2.16. The molecule has 0 spiro atoms. The third-order valence-corrected chi connectivity index (χ3v) is 2.94. The molecule has 0 aromatic heterocycles. The summed E-state index contributed by atoms with van der Waals surface area (Å²) in [6, 6.07) is 0. The molecule has 0 bridgehead atoms. The number of nitrogens with one attached hydrogen (secondary N) is 1. The smallest absolute Gasteiger partial charge is 0.0597 e. The summed E-state index contributed by atoms with van der Waals surface area (Å²) in [6.45, 7) is 3.73. The van der Waals surface area contributed by atoms with Gasteiger partial charge in [-0.2, -0.15) is 0 Å². The van der Waals surface area contributed by atoms with Gasteiger partial charge >= 0.3 is 0 Å². The molecule has 0 aromatic carbocycles. The van der Waals surface area contributed by atoms with Crippen LogP contribution in [0.4, 0.5) is 0 Å². The van der Waals surface area contributed by atoms with Gasteiger partial charge < -0.3 is 5.32 Å². The first-order valence-corrected chi connectivity index (χ1v) is 5.26. The van der Waals surface area contributed by atoms with E-state index in [0.29, 0.717) is 6.17 Å². The van der Waals surface area contributed by atoms with Gasteiger partial charge in [-0.15, -0.1) is 0 Å². The molecular weight excluding hydrogens is 148 g/mol. The minimum absolute atomic E-state index is 0.690. The zero-order valence-corrected chi connectivity index (χ0v) is 7.76. The molecular formula is C10H19N2. The van der Waals surface area contributed by atoms with Crippen LogP contribution in [0.1, 0.15) is 32.1 Å². The van der Waals surface area contributed by atoms with Gasteiger partial charge in [-0.05, 0) is 51.6 Å². The second-order valence-corrected chi connectivity index (χ2v) is 3.89. The van der Waals surface area contributed by atoms with Crippen molar-refractivity contribution in [3.8, 4) is 0 Å². The quantitative estimate of drug-likeness (QED) is 0.635. The number of rotatable bonds is 1. The summed E-state index contributed by atoms with van der Waals surface area (Å²) in [5, 5.41) is 3.59. The Bertz CT molecular complexity index is 108. The third kappa shape index (κ3) is 1.99. The largest absolute Gasteiger partial charge is 0.302 e. The van der Waals surface area contributed by atoms with Crippen LogP contribution >= 0.6 is 0 Å². The molecule has 2 rings (SSSR count). The van der Waals surface area contributed by atoms with Crippen molar-refractivity contribution in [3.05, 3.63) is 6.42 Å². The molecule has 0 aliphatic carbocycles. The Labute approximate surface area is 75.3 Å². The molecule has 2 heterocycles. The standard InChI is InChI=1S/C10H19N2/c1-4-8-12(9-5-1)10-6-2-3-7-11-10/h4,10-11H,1-3,5-9H2. The first kappa shape index (κ1) is 8.52. The molecule has 0 aromatic rings.